The molecule has 2 rings (SSSR count). The monoisotopic (exact) mass is 244 g/mol. The zero-order valence-electron chi connectivity index (χ0n) is 11.3. The first-order valence-corrected chi connectivity index (χ1v) is 6.35. The van der Waals surface area contributed by atoms with Gasteiger partial charge in [-0.1, -0.05) is 31.2 Å². The maximum Gasteiger partial charge on any atom is 0.147 e. The normalized spacial score (nSPS) is 10.8. The molecule has 1 aromatic carbocycles. The smallest absolute Gasteiger partial charge is 0.147 e. The third kappa shape index (κ3) is 3.17. The van der Waals surface area contributed by atoms with Crippen LogP contribution in [0.1, 0.15) is 29.7 Å². The van der Waals surface area contributed by atoms with Crippen LogP contribution in [0.15, 0.2) is 24.3 Å². The van der Waals surface area contributed by atoms with Crippen molar-refractivity contribution in [2.75, 3.05) is 6.54 Å². The van der Waals surface area contributed by atoms with Crippen LogP contribution in [0.3, 0.4) is 0 Å². The van der Waals surface area contributed by atoms with E-state index in [-0.39, 0.29) is 0 Å². The van der Waals surface area contributed by atoms with E-state index in [1.807, 2.05) is 18.5 Å². The van der Waals surface area contributed by atoms with Crippen molar-refractivity contribution < 1.29 is 0 Å². The third-order valence-corrected chi connectivity index (χ3v) is 2.90. The number of aromatic nitrogens is 3. The van der Waals surface area contributed by atoms with Gasteiger partial charge >= 0.3 is 0 Å². The summed E-state index contributed by atoms with van der Waals surface area (Å²) in [5.41, 5.74) is 2.57. The molecule has 4 nitrogen and oxygen atoms in total. The molecule has 0 atom stereocenters. The lowest BCUT2D eigenvalue weighted by Gasteiger charge is -2.06. The summed E-state index contributed by atoms with van der Waals surface area (Å²) in [6.45, 7) is 8.73. The Bertz CT molecular complexity index is 499. The number of rotatable bonds is 5. The Labute approximate surface area is 108 Å². The fourth-order valence-corrected chi connectivity index (χ4v) is 1.92. The highest BCUT2D eigenvalue weighted by Gasteiger charge is 2.03. The predicted octanol–water partition coefficient (Wildman–Crippen LogP) is 2.05. The second-order valence-electron chi connectivity index (χ2n) is 4.46. The van der Waals surface area contributed by atoms with Crippen LogP contribution in [0, 0.1) is 13.8 Å². The van der Waals surface area contributed by atoms with Gasteiger partial charge in [0.05, 0.1) is 6.54 Å². The van der Waals surface area contributed by atoms with Crippen LogP contribution in [0.2, 0.25) is 0 Å². The molecule has 0 spiro atoms. The number of nitrogens with one attached hydrogen (secondary N) is 1. The first kappa shape index (κ1) is 12.8. The van der Waals surface area contributed by atoms with Crippen molar-refractivity contribution in [1.29, 1.82) is 0 Å². The van der Waals surface area contributed by atoms with Crippen molar-refractivity contribution in [2.24, 2.45) is 0 Å². The molecule has 4 heteroatoms. The molecule has 0 bridgehead atoms. The molecule has 1 aromatic heterocycles. The summed E-state index contributed by atoms with van der Waals surface area (Å²) in [6, 6.07) is 8.64. The molecule has 0 radical (unpaired) electrons. The van der Waals surface area contributed by atoms with Gasteiger partial charge in [0, 0.05) is 6.54 Å². The van der Waals surface area contributed by atoms with Gasteiger partial charge in [-0.2, -0.15) is 5.10 Å². The third-order valence-electron chi connectivity index (χ3n) is 2.90. The van der Waals surface area contributed by atoms with E-state index < -0.39 is 0 Å². The van der Waals surface area contributed by atoms with Crippen LogP contribution < -0.4 is 5.32 Å². The van der Waals surface area contributed by atoms with Gasteiger partial charge in [-0.25, -0.2) is 9.67 Å². The average Bonchev–Trinajstić information content (AvgIpc) is 2.67. The molecule has 18 heavy (non-hydrogen) atoms. The SMILES string of the molecule is CCNCc1ccc(Cn2nc(C)nc2C)cc1. The molecule has 2 aromatic rings. The van der Waals surface area contributed by atoms with Gasteiger partial charge in [-0.3, -0.25) is 0 Å². The van der Waals surface area contributed by atoms with Gasteiger partial charge in [0.2, 0.25) is 0 Å². The molecule has 0 aliphatic carbocycles. The van der Waals surface area contributed by atoms with E-state index in [0.29, 0.717) is 0 Å². The van der Waals surface area contributed by atoms with Crippen LogP contribution in [0.4, 0.5) is 0 Å². The fraction of sp³-hybridized carbons (Fsp3) is 0.429. The van der Waals surface area contributed by atoms with Crippen molar-refractivity contribution in [3.63, 3.8) is 0 Å². The molecule has 0 saturated carbocycles. The largest absolute Gasteiger partial charge is 0.313 e. The summed E-state index contributed by atoms with van der Waals surface area (Å²) in [4.78, 5) is 4.31. The zero-order chi connectivity index (χ0) is 13.0. The standard InChI is InChI=1S/C14H20N4/c1-4-15-9-13-5-7-14(8-6-13)10-18-12(3)16-11(2)17-18/h5-8,15H,4,9-10H2,1-3H3. The number of nitrogens with zero attached hydrogens (tertiary/aromatic N) is 3. The lowest BCUT2D eigenvalue weighted by molar-refractivity contribution is 0.655. The fourth-order valence-electron chi connectivity index (χ4n) is 1.92. The van der Waals surface area contributed by atoms with Crippen molar-refractivity contribution in [3.05, 3.63) is 47.0 Å². The maximum absolute atomic E-state index is 4.37. The molecule has 0 aliphatic rings. The summed E-state index contributed by atoms with van der Waals surface area (Å²) >= 11 is 0. The van der Waals surface area contributed by atoms with Gasteiger partial charge in [0.25, 0.3) is 0 Å². The Morgan fingerprint density at radius 2 is 1.78 bits per heavy atom. The van der Waals surface area contributed by atoms with Gasteiger partial charge in [-0.15, -0.1) is 0 Å². The van der Waals surface area contributed by atoms with Crippen LogP contribution in [0.5, 0.6) is 0 Å². The lowest BCUT2D eigenvalue weighted by Crippen LogP contribution is -2.11. The van der Waals surface area contributed by atoms with Crippen LogP contribution in [0.25, 0.3) is 0 Å². The predicted molar refractivity (Wildman–Crippen MR) is 72.4 cm³/mol. The van der Waals surface area contributed by atoms with Crippen molar-refractivity contribution in [3.8, 4) is 0 Å². The van der Waals surface area contributed by atoms with Gasteiger partial charge in [0.15, 0.2) is 0 Å². The quantitative estimate of drug-likeness (QED) is 0.875. The minimum absolute atomic E-state index is 0.786. The summed E-state index contributed by atoms with van der Waals surface area (Å²) in [6.07, 6.45) is 0. The van der Waals surface area contributed by atoms with Crippen molar-refractivity contribution in [1.82, 2.24) is 20.1 Å². The molecule has 0 saturated heterocycles. The van der Waals surface area contributed by atoms with E-state index in [2.05, 4.69) is 46.6 Å². The Morgan fingerprint density at radius 1 is 1.11 bits per heavy atom. The number of aryl methyl sites for hydroxylation is 2. The highest BCUT2D eigenvalue weighted by Crippen LogP contribution is 2.07. The minimum Gasteiger partial charge on any atom is -0.313 e. The first-order chi connectivity index (χ1) is 8.69. The Hall–Kier alpha value is -1.68. The Kier molecular flexibility index (Phi) is 4.10. The zero-order valence-corrected chi connectivity index (χ0v) is 11.3. The van der Waals surface area contributed by atoms with Crippen LogP contribution in [-0.2, 0) is 13.1 Å². The van der Waals surface area contributed by atoms with Crippen LogP contribution >= 0.6 is 0 Å². The van der Waals surface area contributed by atoms with E-state index in [9.17, 15) is 0 Å². The highest BCUT2D eigenvalue weighted by atomic mass is 15.3. The number of benzene rings is 1. The molecule has 1 heterocycles. The molecule has 0 fully saturated rings. The summed E-state index contributed by atoms with van der Waals surface area (Å²) in [5.74, 6) is 1.79. The van der Waals surface area contributed by atoms with E-state index in [0.717, 1.165) is 31.3 Å². The van der Waals surface area contributed by atoms with Crippen molar-refractivity contribution >= 4 is 0 Å². The molecule has 96 valence electrons. The van der Waals surface area contributed by atoms with Crippen molar-refractivity contribution in [2.45, 2.75) is 33.9 Å². The van der Waals surface area contributed by atoms with Gasteiger partial charge in [0.1, 0.15) is 11.6 Å². The number of hydrogen-bond acceptors (Lipinski definition) is 3. The first-order valence-electron chi connectivity index (χ1n) is 6.35. The average molecular weight is 244 g/mol. The van der Waals surface area contributed by atoms with E-state index >= 15 is 0 Å². The van der Waals surface area contributed by atoms with E-state index in [1.54, 1.807) is 0 Å². The summed E-state index contributed by atoms with van der Waals surface area (Å²) < 4.78 is 1.94. The molecule has 0 unspecified atom stereocenters. The minimum atomic E-state index is 0.786. The molecule has 0 aliphatic heterocycles. The van der Waals surface area contributed by atoms with Gasteiger partial charge < -0.3 is 5.32 Å². The molecule has 1 N–H and O–H groups in total. The van der Waals surface area contributed by atoms with Gasteiger partial charge in [-0.05, 0) is 31.5 Å². The second-order valence-corrected chi connectivity index (χ2v) is 4.46. The molecular formula is C14H20N4. The van der Waals surface area contributed by atoms with Crippen LogP contribution in [-0.4, -0.2) is 21.3 Å². The summed E-state index contributed by atoms with van der Waals surface area (Å²) in [5, 5.41) is 7.69. The van der Waals surface area contributed by atoms with E-state index in [1.165, 1.54) is 11.1 Å². The number of hydrogen-bond donors (Lipinski definition) is 1. The topological polar surface area (TPSA) is 42.7 Å². The summed E-state index contributed by atoms with van der Waals surface area (Å²) in [7, 11) is 0. The highest BCUT2D eigenvalue weighted by molar-refractivity contribution is 5.22. The maximum atomic E-state index is 4.37. The second kappa shape index (κ2) is 5.78. The Morgan fingerprint density at radius 3 is 2.33 bits per heavy atom. The lowest BCUT2D eigenvalue weighted by atomic mass is 10.1. The molecular weight excluding hydrogens is 224 g/mol. The Balaban J connectivity index is 2.04. The molecule has 0 amide bonds. The van der Waals surface area contributed by atoms with E-state index in [4.69, 9.17) is 0 Å².